The van der Waals surface area contributed by atoms with Gasteiger partial charge in [-0.1, -0.05) is 0 Å². The van der Waals surface area contributed by atoms with E-state index in [0.717, 1.165) is 0 Å². The minimum atomic E-state index is 0. The number of hydrogen-bond donors (Lipinski definition) is 1. The molecular formula is C3H7NO2. The van der Waals surface area contributed by atoms with E-state index in [0.29, 0.717) is 12.6 Å². The minimum absolute atomic E-state index is 0. The number of aldehydes is 2. The molecule has 3 nitrogen and oxygen atoms in total. The van der Waals surface area contributed by atoms with E-state index in [9.17, 15) is 9.59 Å². The van der Waals surface area contributed by atoms with E-state index in [1.165, 1.54) is 0 Å². The van der Waals surface area contributed by atoms with Gasteiger partial charge in [-0.05, 0) is 0 Å². The van der Waals surface area contributed by atoms with Crippen LogP contribution in [-0.4, -0.2) is 12.6 Å². The molecule has 3 N–H and O–H groups in total. The SMILES string of the molecule is N.O=CCC=O. The summed E-state index contributed by atoms with van der Waals surface area (Å²) in [6.45, 7) is 0. The molecule has 0 heterocycles. The van der Waals surface area contributed by atoms with Crippen LogP contribution in [0.5, 0.6) is 0 Å². The lowest BCUT2D eigenvalue weighted by molar-refractivity contribution is -0.114. The molecule has 0 aliphatic heterocycles. The van der Waals surface area contributed by atoms with Gasteiger partial charge in [0.2, 0.25) is 0 Å². The molecule has 0 saturated carbocycles. The highest BCUT2D eigenvalue weighted by Crippen LogP contribution is 1.50. The predicted molar refractivity (Wildman–Crippen MR) is 21.8 cm³/mol. The van der Waals surface area contributed by atoms with Gasteiger partial charge >= 0.3 is 0 Å². The fourth-order valence-electron chi connectivity index (χ4n) is 0.0393. The molecule has 0 saturated heterocycles. The van der Waals surface area contributed by atoms with Gasteiger partial charge in [-0.15, -0.1) is 0 Å². The molecule has 0 fully saturated rings. The van der Waals surface area contributed by atoms with E-state index in [-0.39, 0.29) is 12.6 Å². The maximum absolute atomic E-state index is 9.17. The summed E-state index contributed by atoms with van der Waals surface area (Å²) < 4.78 is 0. The normalized spacial score (nSPS) is 5.33. The molecule has 0 atom stereocenters. The third kappa shape index (κ3) is 10.3. The van der Waals surface area contributed by atoms with Crippen LogP contribution >= 0.6 is 0 Å². The van der Waals surface area contributed by atoms with Crippen molar-refractivity contribution in [3.63, 3.8) is 0 Å². The zero-order chi connectivity index (χ0) is 4.12. The Labute approximate surface area is 35.9 Å². The second-order valence-corrected chi connectivity index (χ2v) is 0.569. The van der Waals surface area contributed by atoms with Crippen LogP contribution in [0.15, 0.2) is 0 Å². The highest BCUT2D eigenvalue weighted by Gasteiger charge is 1.65. The highest BCUT2D eigenvalue weighted by atomic mass is 16.1. The number of hydrogen-bond acceptors (Lipinski definition) is 3. The van der Waals surface area contributed by atoms with Crippen LogP contribution in [0.4, 0.5) is 0 Å². The first-order valence-corrected chi connectivity index (χ1v) is 1.29. The van der Waals surface area contributed by atoms with Crippen molar-refractivity contribution in [3.05, 3.63) is 0 Å². The fraction of sp³-hybridized carbons (Fsp3) is 0.333. The van der Waals surface area contributed by atoms with Crippen LogP contribution in [-0.2, 0) is 9.59 Å². The van der Waals surface area contributed by atoms with Crippen molar-refractivity contribution in [3.8, 4) is 0 Å². The molecule has 0 rings (SSSR count). The van der Waals surface area contributed by atoms with E-state index in [1.807, 2.05) is 0 Å². The summed E-state index contributed by atoms with van der Waals surface area (Å²) in [6.07, 6.45) is 1.15. The lowest BCUT2D eigenvalue weighted by atomic mass is 10.6. The Kier molecular flexibility index (Phi) is 13.3. The van der Waals surface area contributed by atoms with E-state index < -0.39 is 0 Å². The first-order valence-electron chi connectivity index (χ1n) is 1.29. The Morgan fingerprint density at radius 2 is 1.50 bits per heavy atom. The molecule has 0 aromatic heterocycles. The standard InChI is InChI=1S/C3H4O2.H3N/c4-2-1-3-5;/h2-3H,1H2;1H3. The Morgan fingerprint density at radius 3 is 1.50 bits per heavy atom. The number of rotatable bonds is 2. The molecular weight excluding hydrogens is 82.0 g/mol. The molecule has 0 aromatic rings. The van der Waals surface area contributed by atoms with Crippen LogP contribution in [0, 0.1) is 0 Å². The number of carbonyl (C=O) groups excluding carboxylic acids is 2. The lowest BCUT2D eigenvalue weighted by Crippen LogP contribution is -1.69. The average Bonchev–Trinajstić information content (AvgIpc) is 1.41. The van der Waals surface area contributed by atoms with Crippen molar-refractivity contribution >= 4 is 12.6 Å². The number of carbonyl (C=O) groups is 2. The van der Waals surface area contributed by atoms with Gasteiger partial charge in [0.15, 0.2) is 0 Å². The molecule has 6 heavy (non-hydrogen) atoms. The molecule has 0 aromatic carbocycles. The maximum atomic E-state index is 9.17. The first kappa shape index (κ1) is 9.00. The molecule has 0 bridgehead atoms. The summed E-state index contributed by atoms with van der Waals surface area (Å²) in [5.41, 5.74) is 0. The summed E-state index contributed by atoms with van der Waals surface area (Å²) in [5, 5.41) is 0. The largest absolute Gasteiger partial charge is 0.344 e. The van der Waals surface area contributed by atoms with Gasteiger partial charge in [0, 0.05) is 0 Å². The Balaban J connectivity index is 0. The van der Waals surface area contributed by atoms with E-state index in [4.69, 9.17) is 0 Å². The van der Waals surface area contributed by atoms with Gasteiger partial charge < -0.3 is 15.7 Å². The van der Waals surface area contributed by atoms with Gasteiger partial charge in [-0.2, -0.15) is 0 Å². The fourth-order valence-corrected chi connectivity index (χ4v) is 0.0393. The summed E-state index contributed by atoms with van der Waals surface area (Å²) in [6, 6.07) is 0. The average molecular weight is 89.1 g/mol. The Bertz CT molecular complexity index is 38.1. The molecule has 36 valence electrons. The second-order valence-electron chi connectivity index (χ2n) is 0.569. The molecule has 0 aliphatic rings. The van der Waals surface area contributed by atoms with Crippen molar-refractivity contribution in [1.29, 1.82) is 0 Å². The van der Waals surface area contributed by atoms with Crippen molar-refractivity contribution in [2.45, 2.75) is 6.42 Å². The molecule has 3 heteroatoms. The highest BCUT2D eigenvalue weighted by molar-refractivity contribution is 5.72. The topological polar surface area (TPSA) is 69.1 Å². The van der Waals surface area contributed by atoms with Gasteiger partial charge in [-0.25, -0.2) is 0 Å². The monoisotopic (exact) mass is 89.0 g/mol. The summed E-state index contributed by atoms with van der Waals surface area (Å²) in [4.78, 5) is 18.3. The van der Waals surface area contributed by atoms with E-state index in [2.05, 4.69) is 0 Å². The lowest BCUT2D eigenvalue weighted by Gasteiger charge is -1.53. The van der Waals surface area contributed by atoms with Gasteiger partial charge in [0.1, 0.15) is 12.6 Å². The third-order valence-corrected chi connectivity index (χ3v) is 0.192. The first-order chi connectivity index (χ1) is 2.41. The molecule has 0 radical (unpaired) electrons. The van der Waals surface area contributed by atoms with Gasteiger partial charge in [0.25, 0.3) is 0 Å². The van der Waals surface area contributed by atoms with Crippen LogP contribution in [0.1, 0.15) is 6.42 Å². The Hall–Kier alpha value is -0.700. The van der Waals surface area contributed by atoms with Gasteiger partial charge in [-0.3, -0.25) is 0 Å². The van der Waals surface area contributed by atoms with E-state index in [1.54, 1.807) is 0 Å². The van der Waals surface area contributed by atoms with Gasteiger partial charge in [0.05, 0.1) is 6.42 Å². The predicted octanol–water partition coefficient (Wildman–Crippen LogP) is -0.0637. The zero-order valence-electron chi connectivity index (χ0n) is 3.39. The van der Waals surface area contributed by atoms with Crippen molar-refractivity contribution in [2.75, 3.05) is 0 Å². The van der Waals surface area contributed by atoms with Crippen molar-refractivity contribution < 1.29 is 9.59 Å². The zero-order valence-corrected chi connectivity index (χ0v) is 3.39. The van der Waals surface area contributed by atoms with Crippen LogP contribution in [0.2, 0.25) is 0 Å². The molecule has 0 aliphatic carbocycles. The maximum Gasteiger partial charge on any atom is 0.127 e. The van der Waals surface area contributed by atoms with Crippen LogP contribution < -0.4 is 6.15 Å². The molecule has 0 amide bonds. The van der Waals surface area contributed by atoms with E-state index >= 15 is 0 Å². The smallest absolute Gasteiger partial charge is 0.127 e. The quantitative estimate of drug-likeness (QED) is 0.380. The third-order valence-electron chi connectivity index (χ3n) is 0.192. The summed E-state index contributed by atoms with van der Waals surface area (Å²) in [5.74, 6) is 0. The molecule has 0 unspecified atom stereocenters. The van der Waals surface area contributed by atoms with Crippen LogP contribution in [0.3, 0.4) is 0 Å². The minimum Gasteiger partial charge on any atom is -0.344 e. The summed E-state index contributed by atoms with van der Waals surface area (Å²) >= 11 is 0. The van der Waals surface area contributed by atoms with Crippen molar-refractivity contribution in [2.24, 2.45) is 0 Å². The van der Waals surface area contributed by atoms with Crippen molar-refractivity contribution in [1.82, 2.24) is 6.15 Å². The molecule has 0 spiro atoms. The van der Waals surface area contributed by atoms with Crippen LogP contribution in [0.25, 0.3) is 0 Å². The summed E-state index contributed by atoms with van der Waals surface area (Å²) in [7, 11) is 0. The second kappa shape index (κ2) is 8.85. The Morgan fingerprint density at radius 1 is 1.17 bits per heavy atom.